The molecule has 0 aliphatic carbocycles. The Labute approximate surface area is 197 Å². The van der Waals surface area contributed by atoms with Crippen LogP contribution in [0.1, 0.15) is 19.8 Å². The Hall–Kier alpha value is -3.61. The van der Waals surface area contributed by atoms with Gasteiger partial charge >= 0.3 is 0 Å². The molecule has 0 unspecified atom stereocenters. The van der Waals surface area contributed by atoms with Gasteiger partial charge in [0.2, 0.25) is 0 Å². The van der Waals surface area contributed by atoms with E-state index >= 15 is 0 Å². The molecule has 0 spiro atoms. The van der Waals surface area contributed by atoms with Crippen molar-refractivity contribution >= 4 is 23.9 Å². The highest BCUT2D eigenvalue weighted by atomic mass is 19.2. The van der Waals surface area contributed by atoms with Gasteiger partial charge in [0.05, 0.1) is 0 Å². The van der Waals surface area contributed by atoms with Gasteiger partial charge in [-0.25, -0.2) is 8.78 Å². The van der Waals surface area contributed by atoms with E-state index in [4.69, 9.17) is 0 Å². The number of allylic oxidation sites excluding steroid dienone is 3. The lowest BCUT2D eigenvalue weighted by Gasteiger charge is -2.34. The molecule has 176 valence electrons. The quantitative estimate of drug-likeness (QED) is 0.654. The van der Waals surface area contributed by atoms with Crippen LogP contribution in [0, 0.1) is 11.6 Å². The van der Waals surface area contributed by atoms with E-state index in [0.29, 0.717) is 31.7 Å². The molecule has 1 saturated heterocycles. The minimum atomic E-state index is -0.854. The Kier molecular flexibility index (Phi) is 6.09. The third-order valence-electron chi connectivity index (χ3n) is 6.66. The highest BCUT2D eigenvalue weighted by molar-refractivity contribution is 5.94. The molecule has 3 heterocycles. The lowest BCUT2D eigenvalue weighted by Crippen LogP contribution is -2.45. The van der Waals surface area contributed by atoms with Crippen LogP contribution in [0.2, 0.25) is 0 Å². The lowest BCUT2D eigenvalue weighted by molar-refractivity contribution is -0.128. The van der Waals surface area contributed by atoms with E-state index in [0.717, 1.165) is 51.9 Å². The topological polar surface area (TPSA) is 56.4 Å². The van der Waals surface area contributed by atoms with Crippen molar-refractivity contribution in [1.82, 2.24) is 15.5 Å². The number of amides is 1. The summed E-state index contributed by atoms with van der Waals surface area (Å²) in [6.45, 7) is 4.65. The van der Waals surface area contributed by atoms with E-state index in [1.54, 1.807) is 6.07 Å². The fourth-order valence-corrected chi connectivity index (χ4v) is 4.67. The van der Waals surface area contributed by atoms with Gasteiger partial charge in [-0.1, -0.05) is 18.2 Å². The largest absolute Gasteiger partial charge is 0.387 e. The zero-order valence-electron chi connectivity index (χ0n) is 19.1. The van der Waals surface area contributed by atoms with E-state index < -0.39 is 11.6 Å². The van der Waals surface area contributed by atoms with Crippen molar-refractivity contribution in [3.63, 3.8) is 0 Å². The van der Waals surface area contributed by atoms with Gasteiger partial charge in [-0.05, 0) is 66.5 Å². The Morgan fingerprint density at radius 2 is 1.88 bits per heavy atom. The molecule has 5 rings (SSSR count). The first kappa shape index (κ1) is 22.2. The summed E-state index contributed by atoms with van der Waals surface area (Å²) in [5, 5.41) is 12.2. The molecular weight excluding hydrogens is 434 g/mol. The Bertz CT molecular complexity index is 1310. The number of likely N-dealkylation sites (tertiary alicyclic amines) is 1. The number of rotatable bonds is 4. The molecule has 2 aromatic carbocycles. The molecule has 0 aromatic heterocycles. The zero-order chi connectivity index (χ0) is 23.7. The summed E-state index contributed by atoms with van der Waals surface area (Å²) in [7, 11) is 0. The van der Waals surface area contributed by atoms with Crippen LogP contribution in [0.25, 0.3) is 23.4 Å². The molecule has 3 aliphatic rings. The van der Waals surface area contributed by atoms with Gasteiger partial charge in [0.15, 0.2) is 11.6 Å². The van der Waals surface area contributed by atoms with Crippen molar-refractivity contribution in [3.8, 4) is 11.1 Å². The summed E-state index contributed by atoms with van der Waals surface area (Å²) in [5.74, 6) is -1.61. The minimum Gasteiger partial charge on any atom is -0.387 e. The van der Waals surface area contributed by atoms with E-state index in [1.165, 1.54) is 6.07 Å². The van der Waals surface area contributed by atoms with Crippen LogP contribution in [0.4, 0.5) is 14.5 Å². The highest BCUT2D eigenvalue weighted by Crippen LogP contribution is 2.24. The van der Waals surface area contributed by atoms with E-state index in [-0.39, 0.29) is 11.9 Å². The molecule has 5 nitrogen and oxygen atoms in total. The molecule has 1 amide bonds. The number of nitrogens with zero attached hydrogens (tertiary/aromatic N) is 1. The number of carbonyl (C=O) groups excluding carboxylic acids is 1. The molecule has 0 atom stereocenters. The summed E-state index contributed by atoms with van der Waals surface area (Å²) in [6.07, 6.45) is 9.60. The maximum Gasteiger partial charge on any atom is 0.251 e. The number of hydrogen-bond acceptors (Lipinski definition) is 4. The minimum absolute atomic E-state index is 0.0968. The maximum atomic E-state index is 13.9. The molecule has 0 radical (unpaired) electrons. The number of piperidine rings is 1. The van der Waals surface area contributed by atoms with Crippen LogP contribution in [0.3, 0.4) is 0 Å². The van der Waals surface area contributed by atoms with Gasteiger partial charge in [-0.3, -0.25) is 4.79 Å². The number of dihydropyridines is 1. The number of carbonyl (C=O) groups is 1. The second-order valence-corrected chi connectivity index (χ2v) is 9.02. The van der Waals surface area contributed by atoms with Gasteiger partial charge in [0.25, 0.3) is 5.91 Å². The molecule has 7 heteroatoms. The van der Waals surface area contributed by atoms with Gasteiger partial charge in [0, 0.05) is 60.6 Å². The SMILES string of the molecule is CC1=CC=C(C(=O)N2CCC(Nc3cc(-c4ccc(F)c(F)c4)cc4c3=CNCC=4)CC2)CN1. The van der Waals surface area contributed by atoms with Gasteiger partial charge in [-0.2, -0.15) is 0 Å². The number of halogens is 2. The van der Waals surface area contributed by atoms with Crippen LogP contribution in [-0.4, -0.2) is 43.0 Å². The van der Waals surface area contributed by atoms with Crippen LogP contribution >= 0.6 is 0 Å². The maximum absolute atomic E-state index is 13.9. The summed E-state index contributed by atoms with van der Waals surface area (Å²) in [4.78, 5) is 14.8. The first-order valence-electron chi connectivity index (χ1n) is 11.7. The Balaban J connectivity index is 1.34. The van der Waals surface area contributed by atoms with Crippen molar-refractivity contribution < 1.29 is 13.6 Å². The predicted octanol–water partition coefficient (Wildman–Crippen LogP) is 2.59. The number of hydrogen-bond donors (Lipinski definition) is 3. The van der Waals surface area contributed by atoms with Crippen molar-refractivity contribution in [1.29, 1.82) is 0 Å². The molecule has 34 heavy (non-hydrogen) atoms. The number of fused-ring (bicyclic) bond motifs is 1. The lowest BCUT2D eigenvalue weighted by atomic mass is 9.99. The standard InChI is InChI=1S/C27H28F2N4O/c1-17-2-3-20(15-31-17)27(34)33-10-7-22(8-11-33)32-26-14-21(12-19-6-9-30-16-23(19)26)18-4-5-24(28)25(29)13-18/h2-6,12-14,16,22,30-32H,7-11,15H2,1H3. The van der Waals surface area contributed by atoms with Gasteiger partial charge in [-0.15, -0.1) is 0 Å². The zero-order valence-corrected chi connectivity index (χ0v) is 19.1. The molecule has 0 saturated carbocycles. The van der Waals surface area contributed by atoms with Crippen molar-refractivity contribution in [2.24, 2.45) is 0 Å². The third-order valence-corrected chi connectivity index (χ3v) is 6.66. The normalized spacial score (nSPS) is 17.8. The highest BCUT2D eigenvalue weighted by Gasteiger charge is 2.25. The average Bonchev–Trinajstić information content (AvgIpc) is 2.86. The second kappa shape index (κ2) is 9.33. The molecule has 3 aliphatic heterocycles. The van der Waals surface area contributed by atoms with E-state index in [2.05, 4.69) is 22.0 Å². The molecule has 1 fully saturated rings. The summed E-state index contributed by atoms with van der Waals surface area (Å²) < 4.78 is 27.3. The smallest absolute Gasteiger partial charge is 0.251 e. The van der Waals surface area contributed by atoms with Crippen molar-refractivity contribution in [2.75, 3.05) is 31.5 Å². The summed E-state index contributed by atoms with van der Waals surface area (Å²) >= 11 is 0. The third kappa shape index (κ3) is 4.55. The summed E-state index contributed by atoms with van der Waals surface area (Å²) in [5.41, 5.74) is 4.28. The fraction of sp³-hybridized carbons (Fsp3) is 0.296. The average molecular weight is 463 g/mol. The predicted molar refractivity (Wildman–Crippen MR) is 131 cm³/mol. The Morgan fingerprint density at radius 1 is 1.06 bits per heavy atom. The van der Waals surface area contributed by atoms with Crippen LogP contribution < -0.4 is 26.4 Å². The van der Waals surface area contributed by atoms with Crippen molar-refractivity contribution in [3.05, 3.63) is 75.8 Å². The fourth-order valence-electron chi connectivity index (χ4n) is 4.67. The Morgan fingerprint density at radius 3 is 2.62 bits per heavy atom. The second-order valence-electron chi connectivity index (χ2n) is 9.02. The molecule has 2 aromatic rings. The van der Waals surface area contributed by atoms with Gasteiger partial charge < -0.3 is 20.9 Å². The van der Waals surface area contributed by atoms with E-state index in [9.17, 15) is 13.6 Å². The van der Waals surface area contributed by atoms with Crippen LogP contribution in [0.5, 0.6) is 0 Å². The van der Waals surface area contributed by atoms with Crippen LogP contribution in [0.15, 0.2) is 53.8 Å². The molecular formula is C27H28F2N4O. The first-order valence-corrected chi connectivity index (χ1v) is 11.7. The number of benzene rings is 2. The van der Waals surface area contributed by atoms with Gasteiger partial charge in [0.1, 0.15) is 0 Å². The first-order chi connectivity index (χ1) is 16.5. The van der Waals surface area contributed by atoms with Crippen molar-refractivity contribution in [2.45, 2.75) is 25.8 Å². The summed E-state index contributed by atoms with van der Waals surface area (Å²) in [6, 6.07) is 8.21. The monoisotopic (exact) mass is 462 g/mol. The number of nitrogens with one attached hydrogen (secondary N) is 3. The van der Waals surface area contributed by atoms with E-state index in [1.807, 2.05) is 42.3 Å². The van der Waals surface area contributed by atoms with Crippen LogP contribution in [-0.2, 0) is 4.79 Å². The number of anilines is 1. The molecule has 0 bridgehead atoms. The molecule has 3 N–H and O–H groups in total.